The van der Waals surface area contributed by atoms with Crippen molar-refractivity contribution in [2.24, 2.45) is 0 Å². The van der Waals surface area contributed by atoms with Gasteiger partial charge in [0, 0.05) is 23.1 Å². The molecule has 3 aromatic rings. The molecule has 1 fully saturated rings. The molecule has 0 saturated carbocycles. The number of aromatic nitrogens is 1. The van der Waals surface area contributed by atoms with Crippen molar-refractivity contribution in [1.82, 2.24) is 4.90 Å². The van der Waals surface area contributed by atoms with Crippen LogP contribution >= 0.6 is 0 Å². The Hall–Kier alpha value is -3.23. The molecule has 3 heterocycles. The van der Waals surface area contributed by atoms with E-state index in [9.17, 15) is 18.0 Å². The summed E-state index contributed by atoms with van der Waals surface area (Å²) in [5.41, 5.74) is 0.765. The minimum Gasteiger partial charge on any atom is -0.497 e. The van der Waals surface area contributed by atoms with Gasteiger partial charge < -0.3 is 14.1 Å². The van der Waals surface area contributed by atoms with Gasteiger partial charge >= 0.3 is 6.18 Å². The summed E-state index contributed by atoms with van der Waals surface area (Å²) in [5, 5.41) is 0.877. The number of aromatic amines is 1. The zero-order chi connectivity index (χ0) is 21.3. The highest BCUT2D eigenvalue weighted by molar-refractivity contribution is 5.88. The highest BCUT2D eigenvalue weighted by atomic mass is 19.4. The molecule has 0 spiro atoms. The normalized spacial score (nSPS) is 14.9. The number of halogens is 3. The van der Waals surface area contributed by atoms with E-state index >= 15 is 0 Å². The Balaban J connectivity index is 1.36. The second-order valence-electron chi connectivity index (χ2n) is 7.13. The van der Waals surface area contributed by atoms with Gasteiger partial charge in [-0.3, -0.25) is 9.69 Å². The van der Waals surface area contributed by atoms with E-state index in [0.29, 0.717) is 43.3 Å². The molecule has 158 valence electrons. The quantitative estimate of drug-likeness (QED) is 0.651. The molecule has 0 aliphatic carbocycles. The molecule has 1 aliphatic heterocycles. The first kappa shape index (κ1) is 20.1. The molecule has 9 heteroatoms. The number of furan rings is 1. The molecular weight excluding hydrogens is 399 g/mol. The molecule has 4 rings (SSSR count). The summed E-state index contributed by atoms with van der Waals surface area (Å²) in [4.78, 5) is 19.1. The number of ether oxygens (including phenoxy) is 1. The van der Waals surface area contributed by atoms with Gasteiger partial charge in [-0.05, 0) is 18.2 Å². The number of carbonyl (C=O) groups excluding carboxylic acids is 1. The van der Waals surface area contributed by atoms with Crippen LogP contribution in [-0.4, -0.2) is 44.1 Å². The lowest BCUT2D eigenvalue weighted by molar-refractivity contribution is -0.367. The number of anilines is 1. The number of carbonyl (C=O) groups is 1. The van der Waals surface area contributed by atoms with E-state index in [-0.39, 0.29) is 12.3 Å². The Morgan fingerprint density at radius 2 is 1.93 bits per heavy atom. The van der Waals surface area contributed by atoms with Crippen LogP contribution in [0.2, 0.25) is 0 Å². The van der Waals surface area contributed by atoms with Crippen molar-refractivity contribution in [3.63, 3.8) is 0 Å². The number of H-pyrrole nitrogens is 1. The summed E-state index contributed by atoms with van der Waals surface area (Å²) in [6.45, 7) is 2.07. The monoisotopic (exact) mass is 420 g/mol. The van der Waals surface area contributed by atoms with Crippen molar-refractivity contribution >= 4 is 22.7 Å². The average Bonchev–Trinajstić information content (AvgIpc) is 3.15. The molecule has 0 atom stereocenters. The molecule has 0 radical (unpaired) electrons. The number of pyridine rings is 1. The number of rotatable bonds is 4. The number of benzene rings is 1. The van der Waals surface area contributed by atoms with Crippen LogP contribution in [0.5, 0.6) is 5.75 Å². The van der Waals surface area contributed by atoms with E-state index in [0.717, 1.165) is 23.2 Å². The summed E-state index contributed by atoms with van der Waals surface area (Å²) in [6.07, 6.45) is -1.59. The Labute approximate surface area is 170 Å². The molecule has 0 unspecified atom stereocenters. The second kappa shape index (κ2) is 7.89. The highest BCUT2D eigenvalue weighted by Gasteiger charge is 2.33. The molecule has 1 N–H and O–H groups in total. The third-order valence-electron chi connectivity index (χ3n) is 5.30. The van der Waals surface area contributed by atoms with Crippen LogP contribution < -0.4 is 14.6 Å². The van der Waals surface area contributed by atoms with Gasteiger partial charge in [0.25, 0.3) is 5.82 Å². The Morgan fingerprint density at radius 3 is 2.57 bits per heavy atom. The first-order valence-electron chi connectivity index (χ1n) is 9.51. The lowest BCUT2D eigenvalue weighted by Crippen LogP contribution is -2.50. The van der Waals surface area contributed by atoms with Crippen LogP contribution in [0, 0.1) is 0 Å². The van der Waals surface area contributed by atoms with Crippen molar-refractivity contribution in [2.75, 3.05) is 38.2 Å². The molecule has 2 aromatic heterocycles. The van der Waals surface area contributed by atoms with Crippen LogP contribution in [0.3, 0.4) is 0 Å². The number of methoxy groups -OCH3 is 1. The van der Waals surface area contributed by atoms with Crippen LogP contribution in [0.4, 0.5) is 19.0 Å². The van der Waals surface area contributed by atoms with Crippen molar-refractivity contribution in [2.45, 2.75) is 12.6 Å². The standard InChI is InChI=1S/C21H20F3N3O3/c1-29-16-3-4-17-14(13-30-18(17)11-16)10-20(28)27-8-6-26(7-9-27)19-5-2-15(12-25-19)21(22,23)24/h2-5,11-13H,6-10H2,1H3/p+1. The Kier molecular flexibility index (Phi) is 5.27. The zero-order valence-corrected chi connectivity index (χ0v) is 16.3. The van der Waals surface area contributed by atoms with Gasteiger partial charge in [0.15, 0.2) is 0 Å². The summed E-state index contributed by atoms with van der Waals surface area (Å²) in [7, 11) is 1.58. The van der Waals surface area contributed by atoms with Crippen molar-refractivity contribution in [3.8, 4) is 5.75 Å². The maximum atomic E-state index is 12.7. The maximum absolute atomic E-state index is 12.7. The number of piperazine rings is 1. The minimum absolute atomic E-state index is 0.00966. The number of alkyl halides is 3. The van der Waals surface area contributed by atoms with E-state index in [1.807, 2.05) is 17.0 Å². The maximum Gasteiger partial charge on any atom is 0.419 e. The van der Waals surface area contributed by atoms with Gasteiger partial charge in [-0.25, -0.2) is 4.98 Å². The predicted molar refractivity (Wildman–Crippen MR) is 103 cm³/mol. The van der Waals surface area contributed by atoms with E-state index in [2.05, 4.69) is 4.98 Å². The number of fused-ring (bicyclic) bond motifs is 1. The van der Waals surface area contributed by atoms with Gasteiger partial charge in [0.05, 0.1) is 38.4 Å². The topological polar surface area (TPSA) is 60.1 Å². The smallest absolute Gasteiger partial charge is 0.419 e. The highest BCUT2D eigenvalue weighted by Crippen LogP contribution is 2.29. The Bertz CT molecular complexity index is 1040. The van der Waals surface area contributed by atoms with Gasteiger partial charge in [-0.1, -0.05) is 0 Å². The summed E-state index contributed by atoms with van der Waals surface area (Å²) in [5.74, 6) is 1.28. The molecule has 6 nitrogen and oxygen atoms in total. The zero-order valence-electron chi connectivity index (χ0n) is 16.3. The number of hydrogen-bond donors (Lipinski definition) is 0. The van der Waals surface area contributed by atoms with E-state index in [1.165, 1.54) is 6.07 Å². The van der Waals surface area contributed by atoms with Crippen LogP contribution in [0.15, 0.2) is 47.2 Å². The van der Waals surface area contributed by atoms with Gasteiger partial charge in [-0.15, -0.1) is 0 Å². The molecule has 1 saturated heterocycles. The number of hydrogen-bond acceptors (Lipinski definition) is 4. The fraction of sp³-hybridized carbons (Fsp3) is 0.333. The fourth-order valence-electron chi connectivity index (χ4n) is 3.59. The van der Waals surface area contributed by atoms with E-state index < -0.39 is 11.7 Å². The third kappa shape index (κ3) is 4.05. The third-order valence-corrected chi connectivity index (χ3v) is 5.30. The van der Waals surface area contributed by atoms with Crippen LogP contribution in [0.1, 0.15) is 11.1 Å². The first-order chi connectivity index (χ1) is 14.3. The summed E-state index contributed by atoms with van der Waals surface area (Å²) < 4.78 is 48.8. The number of nitrogens with zero attached hydrogens (tertiary/aromatic N) is 2. The summed E-state index contributed by atoms with van der Waals surface area (Å²) >= 11 is 0. The molecular formula is C21H21F3N3O3+. The lowest BCUT2D eigenvalue weighted by Gasteiger charge is -2.31. The van der Waals surface area contributed by atoms with Crippen LogP contribution in [0.25, 0.3) is 11.0 Å². The molecule has 1 aromatic carbocycles. The van der Waals surface area contributed by atoms with Crippen molar-refractivity contribution < 1.29 is 32.1 Å². The first-order valence-corrected chi connectivity index (χ1v) is 9.51. The second-order valence-corrected chi connectivity index (χ2v) is 7.13. The SMILES string of the molecule is COc1ccc2c(CC(=O)N3CCN(c4ccc(C(F)(F)F)c[nH+]4)CC3)coc2c1. The predicted octanol–water partition coefficient (Wildman–Crippen LogP) is 3.17. The fourth-order valence-corrected chi connectivity index (χ4v) is 3.59. The molecule has 1 amide bonds. The van der Waals surface area contributed by atoms with Crippen molar-refractivity contribution in [1.29, 1.82) is 0 Å². The van der Waals surface area contributed by atoms with Crippen LogP contribution in [-0.2, 0) is 17.4 Å². The molecule has 0 bridgehead atoms. The van der Waals surface area contributed by atoms with E-state index in [4.69, 9.17) is 9.15 Å². The number of nitrogens with one attached hydrogen (secondary N) is 1. The van der Waals surface area contributed by atoms with Crippen molar-refractivity contribution in [3.05, 3.63) is 53.9 Å². The largest absolute Gasteiger partial charge is 0.497 e. The van der Waals surface area contributed by atoms with Gasteiger partial charge in [0.2, 0.25) is 5.91 Å². The number of amides is 1. The molecule has 30 heavy (non-hydrogen) atoms. The average molecular weight is 420 g/mol. The summed E-state index contributed by atoms with van der Waals surface area (Å²) in [6, 6.07) is 7.96. The van der Waals surface area contributed by atoms with Gasteiger partial charge in [0.1, 0.15) is 30.6 Å². The Morgan fingerprint density at radius 1 is 1.17 bits per heavy atom. The van der Waals surface area contributed by atoms with E-state index in [1.54, 1.807) is 24.3 Å². The minimum atomic E-state index is -4.37. The van der Waals surface area contributed by atoms with Gasteiger partial charge in [-0.2, -0.15) is 13.2 Å². The molecule has 1 aliphatic rings. The lowest BCUT2D eigenvalue weighted by atomic mass is 10.1.